The van der Waals surface area contributed by atoms with Crippen LogP contribution in [0.1, 0.15) is 0 Å². The molecule has 0 saturated heterocycles. The number of hydrogen-bond acceptors (Lipinski definition) is 2. The minimum absolute atomic E-state index is 0.728. The van der Waals surface area contributed by atoms with E-state index in [4.69, 9.17) is 10.2 Å². The van der Waals surface area contributed by atoms with E-state index in [2.05, 4.69) is 19.7 Å². The van der Waals surface area contributed by atoms with E-state index in [-0.39, 0.29) is 0 Å². The summed E-state index contributed by atoms with van der Waals surface area (Å²) in [6.07, 6.45) is 0. The van der Waals surface area contributed by atoms with Crippen LogP contribution in [0.2, 0.25) is 13.1 Å². The maximum Gasteiger partial charge on any atom is 0.269 e. The first-order chi connectivity index (χ1) is 6.03. The van der Waals surface area contributed by atoms with Gasteiger partial charge in [0.15, 0.2) is 0 Å². The van der Waals surface area contributed by atoms with Gasteiger partial charge in [0.25, 0.3) is 8.32 Å². The van der Waals surface area contributed by atoms with Gasteiger partial charge < -0.3 is 10.2 Å². The summed E-state index contributed by atoms with van der Waals surface area (Å²) in [6.45, 7) is 7.93. The number of nitrogens with two attached hydrogens (primary N) is 1. The summed E-state index contributed by atoms with van der Waals surface area (Å²) >= 11 is 0. The first kappa shape index (κ1) is 9.86. The second kappa shape index (κ2) is 3.66. The van der Waals surface area contributed by atoms with Crippen LogP contribution in [0.3, 0.4) is 0 Å². The van der Waals surface area contributed by atoms with E-state index < -0.39 is 8.32 Å². The molecule has 0 radical (unpaired) electrons. The van der Waals surface area contributed by atoms with Crippen molar-refractivity contribution >= 4 is 14.0 Å². The summed E-state index contributed by atoms with van der Waals surface area (Å²) in [5.74, 6) is 0.830. The van der Waals surface area contributed by atoms with Crippen LogP contribution < -0.4 is 10.2 Å². The van der Waals surface area contributed by atoms with Crippen LogP contribution in [0.15, 0.2) is 36.5 Å². The summed E-state index contributed by atoms with van der Waals surface area (Å²) in [6, 6.07) is 7.47. The smallest absolute Gasteiger partial charge is 0.269 e. The fourth-order valence-electron chi connectivity index (χ4n) is 0.923. The number of nitrogen functional groups attached to an aromatic ring is 1. The van der Waals surface area contributed by atoms with Crippen molar-refractivity contribution in [2.24, 2.45) is 0 Å². The molecule has 13 heavy (non-hydrogen) atoms. The average molecular weight is 193 g/mol. The Morgan fingerprint density at radius 3 is 2.69 bits per heavy atom. The van der Waals surface area contributed by atoms with Crippen molar-refractivity contribution in [3.8, 4) is 5.75 Å². The zero-order chi connectivity index (χ0) is 9.90. The standard InChI is InChI=1S/C10H15NOSi/c1-4-13(2,3)12-10-7-5-6-9(11)8-10/h4-8H,1,11H2,2-3H3. The van der Waals surface area contributed by atoms with E-state index >= 15 is 0 Å². The lowest BCUT2D eigenvalue weighted by molar-refractivity contribution is 0.564. The molecular weight excluding hydrogens is 178 g/mol. The van der Waals surface area contributed by atoms with Gasteiger partial charge in [-0.15, -0.1) is 6.58 Å². The van der Waals surface area contributed by atoms with Gasteiger partial charge in [-0.2, -0.15) is 0 Å². The van der Waals surface area contributed by atoms with Crippen molar-refractivity contribution in [3.05, 3.63) is 36.5 Å². The monoisotopic (exact) mass is 193 g/mol. The highest BCUT2D eigenvalue weighted by atomic mass is 28.4. The van der Waals surface area contributed by atoms with Gasteiger partial charge in [0.05, 0.1) is 0 Å². The molecule has 0 unspecified atom stereocenters. The summed E-state index contributed by atoms with van der Waals surface area (Å²) in [5, 5.41) is 0. The fourth-order valence-corrected chi connectivity index (χ4v) is 1.74. The highest BCUT2D eigenvalue weighted by molar-refractivity contribution is 6.76. The van der Waals surface area contributed by atoms with Gasteiger partial charge in [-0.3, -0.25) is 0 Å². The van der Waals surface area contributed by atoms with Crippen LogP contribution >= 0.6 is 0 Å². The minimum atomic E-state index is -1.73. The largest absolute Gasteiger partial charge is 0.540 e. The Bertz CT molecular complexity index is 310. The molecule has 2 nitrogen and oxygen atoms in total. The number of benzene rings is 1. The number of rotatable bonds is 3. The summed E-state index contributed by atoms with van der Waals surface area (Å²) in [7, 11) is -1.73. The zero-order valence-corrected chi connectivity index (χ0v) is 9.08. The molecule has 3 heteroatoms. The lowest BCUT2D eigenvalue weighted by Gasteiger charge is -2.19. The quantitative estimate of drug-likeness (QED) is 0.591. The SMILES string of the molecule is C=C[Si](C)(C)Oc1cccc(N)c1. The maximum atomic E-state index is 5.77. The van der Waals surface area contributed by atoms with Crippen LogP contribution in [0.5, 0.6) is 5.75 Å². The van der Waals surface area contributed by atoms with E-state index in [0.717, 1.165) is 11.4 Å². The molecule has 0 spiro atoms. The molecule has 0 atom stereocenters. The molecule has 0 aromatic heterocycles. The molecule has 0 aliphatic heterocycles. The molecule has 0 fully saturated rings. The van der Waals surface area contributed by atoms with Crippen molar-refractivity contribution < 1.29 is 4.43 Å². The molecule has 0 aliphatic rings. The molecule has 70 valence electrons. The highest BCUT2D eigenvalue weighted by Gasteiger charge is 2.19. The summed E-state index contributed by atoms with van der Waals surface area (Å²) in [4.78, 5) is 0. The van der Waals surface area contributed by atoms with Crippen molar-refractivity contribution in [1.29, 1.82) is 0 Å². The van der Waals surface area contributed by atoms with Crippen LogP contribution in [0.25, 0.3) is 0 Å². The molecule has 1 aromatic carbocycles. The van der Waals surface area contributed by atoms with E-state index in [0.29, 0.717) is 0 Å². The Balaban J connectivity index is 2.80. The molecule has 0 heterocycles. The van der Waals surface area contributed by atoms with Crippen LogP contribution in [-0.2, 0) is 0 Å². The maximum absolute atomic E-state index is 5.77. The summed E-state index contributed by atoms with van der Waals surface area (Å²) < 4.78 is 5.77. The third-order valence-corrected chi connectivity index (χ3v) is 3.48. The molecule has 2 N–H and O–H groups in total. The average Bonchev–Trinajstić information content (AvgIpc) is 2.03. The van der Waals surface area contributed by atoms with Gasteiger partial charge in [-0.25, -0.2) is 0 Å². The lowest BCUT2D eigenvalue weighted by atomic mass is 10.3. The predicted octanol–water partition coefficient (Wildman–Crippen LogP) is 2.58. The van der Waals surface area contributed by atoms with Crippen LogP contribution in [-0.4, -0.2) is 8.32 Å². The molecule has 1 rings (SSSR count). The lowest BCUT2D eigenvalue weighted by Crippen LogP contribution is -2.31. The normalized spacial score (nSPS) is 10.9. The Hall–Kier alpha value is -1.22. The third kappa shape index (κ3) is 2.95. The van der Waals surface area contributed by atoms with Gasteiger partial charge >= 0.3 is 0 Å². The molecule has 1 aromatic rings. The molecule has 0 bridgehead atoms. The van der Waals surface area contributed by atoms with Gasteiger partial charge in [-0.1, -0.05) is 11.8 Å². The first-order valence-corrected chi connectivity index (χ1v) is 7.20. The minimum Gasteiger partial charge on any atom is -0.540 e. The topological polar surface area (TPSA) is 35.2 Å². The van der Waals surface area contributed by atoms with Crippen molar-refractivity contribution in [1.82, 2.24) is 0 Å². The zero-order valence-electron chi connectivity index (χ0n) is 8.08. The predicted molar refractivity (Wildman–Crippen MR) is 59.2 cm³/mol. The Morgan fingerprint density at radius 1 is 1.46 bits per heavy atom. The van der Waals surface area contributed by atoms with Gasteiger partial charge in [0.2, 0.25) is 0 Å². The fraction of sp³-hybridized carbons (Fsp3) is 0.200. The number of hydrogen-bond donors (Lipinski definition) is 1. The van der Waals surface area contributed by atoms with Crippen LogP contribution in [0, 0.1) is 0 Å². The third-order valence-electron chi connectivity index (χ3n) is 1.73. The molecule has 0 saturated carbocycles. The van der Waals surface area contributed by atoms with E-state index in [1.54, 1.807) is 0 Å². The van der Waals surface area contributed by atoms with Crippen molar-refractivity contribution in [2.75, 3.05) is 5.73 Å². The molecule has 0 aliphatic carbocycles. The molecular formula is C10H15NOSi. The van der Waals surface area contributed by atoms with E-state index in [1.165, 1.54) is 0 Å². The van der Waals surface area contributed by atoms with E-state index in [9.17, 15) is 0 Å². The van der Waals surface area contributed by atoms with Crippen molar-refractivity contribution in [3.63, 3.8) is 0 Å². The second-order valence-corrected chi connectivity index (χ2v) is 7.30. The highest BCUT2D eigenvalue weighted by Crippen LogP contribution is 2.18. The van der Waals surface area contributed by atoms with E-state index in [1.807, 2.05) is 30.0 Å². The van der Waals surface area contributed by atoms with Gasteiger partial charge in [0, 0.05) is 11.8 Å². The Labute approximate surface area is 80.2 Å². The molecule has 0 amide bonds. The van der Waals surface area contributed by atoms with Crippen LogP contribution in [0.4, 0.5) is 5.69 Å². The Kier molecular flexibility index (Phi) is 2.78. The van der Waals surface area contributed by atoms with Gasteiger partial charge in [0.1, 0.15) is 5.75 Å². The Morgan fingerprint density at radius 2 is 2.15 bits per heavy atom. The van der Waals surface area contributed by atoms with Crippen molar-refractivity contribution in [2.45, 2.75) is 13.1 Å². The summed E-state index contributed by atoms with van der Waals surface area (Å²) in [5.41, 5.74) is 8.26. The first-order valence-electron chi connectivity index (χ1n) is 4.22. The second-order valence-electron chi connectivity index (χ2n) is 3.48. The van der Waals surface area contributed by atoms with Gasteiger partial charge in [-0.05, 0) is 25.2 Å². The number of anilines is 1.